The fraction of sp³-hybridized carbons (Fsp3) is 0.188. The highest BCUT2D eigenvalue weighted by Gasteiger charge is 2.09. The Kier molecular flexibility index (Phi) is 3.29. The molecule has 0 aliphatic rings. The summed E-state index contributed by atoms with van der Waals surface area (Å²) in [4.78, 5) is 4.42. The number of ether oxygens (including phenoxy) is 1. The van der Waals surface area contributed by atoms with Crippen LogP contribution in [0.4, 0.5) is 5.95 Å². The topological polar surface area (TPSA) is 53.1 Å². The maximum atomic E-state index is 6.00. The molecule has 4 heteroatoms. The molecule has 2 aromatic carbocycles. The number of aromatic nitrogens is 2. The molecule has 2 N–H and O–H groups in total. The van der Waals surface area contributed by atoms with E-state index in [-0.39, 0.29) is 0 Å². The van der Waals surface area contributed by atoms with Crippen LogP contribution < -0.4 is 10.5 Å². The standard InChI is InChI=1S/C16H17N3O/c1-12-6-5-9-14-15(12)18-16(17)19(14)10-11-20-13-7-3-2-4-8-13/h2-9H,10-11H2,1H3,(H2,17,18). The van der Waals surface area contributed by atoms with Crippen LogP contribution in [-0.4, -0.2) is 16.2 Å². The number of para-hydroxylation sites is 2. The van der Waals surface area contributed by atoms with Gasteiger partial charge in [-0.2, -0.15) is 0 Å². The minimum Gasteiger partial charge on any atom is -0.492 e. The van der Waals surface area contributed by atoms with Gasteiger partial charge in [0.1, 0.15) is 12.4 Å². The van der Waals surface area contributed by atoms with Gasteiger partial charge in [0.15, 0.2) is 0 Å². The highest BCUT2D eigenvalue weighted by molar-refractivity contribution is 5.81. The number of rotatable bonds is 4. The quantitative estimate of drug-likeness (QED) is 0.790. The second kappa shape index (κ2) is 5.25. The average Bonchev–Trinajstić information content (AvgIpc) is 2.78. The summed E-state index contributed by atoms with van der Waals surface area (Å²) in [6.45, 7) is 3.29. The lowest BCUT2D eigenvalue weighted by atomic mass is 10.2. The molecule has 3 aromatic rings. The van der Waals surface area contributed by atoms with E-state index in [9.17, 15) is 0 Å². The van der Waals surface area contributed by atoms with Crippen molar-refractivity contribution in [2.45, 2.75) is 13.5 Å². The number of benzene rings is 2. The minimum absolute atomic E-state index is 0.533. The molecular formula is C16H17N3O. The molecule has 0 saturated carbocycles. The highest BCUT2D eigenvalue weighted by Crippen LogP contribution is 2.20. The van der Waals surface area contributed by atoms with Crippen molar-refractivity contribution in [3.63, 3.8) is 0 Å². The van der Waals surface area contributed by atoms with Crippen molar-refractivity contribution < 1.29 is 4.74 Å². The van der Waals surface area contributed by atoms with Crippen molar-refractivity contribution in [1.29, 1.82) is 0 Å². The number of anilines is 1. The Morgan fingerprint density at radius 1 is 1.10 bits per heavy atom. The van der Waals surface area contributed by atoms with Gasteiger partial charge in [-0.05, 0) is 30.7 Å². The molecular weight excluding hydrogens is 250 g/mol. The van der Waals surface area contributed by atoms with Gasteiger partial charge in [-0.3, -0.25) is 0 Å². The third kappa shape index (κ3) is 2.32. The molecule has 0 atom stereocenters. The number of nitrogens with two attached hydrogens (primary N) is 1. The minimum atomic E-state index is 0.533. The monoisotopic (exact) mass is 267 g/mol. The van der Waals surface area contributed by atoms with Crippen molar-refractivity contribution in [2.75, 3.05) is 12.3 Å². The molecule has 0 spiro atoms. The van der Waals surface area contributed by atoms with E-state index in [0.29, 0.717) is 19.1 Å². The van der Waals surface area contributed by atoms with Gasteiger partial charge in [0.2, 0.25) is 5.95 Å². The van der Waals surface area contributed by atoms with Crippen LogP contribution in [0.2, 0.25) is 0 Å². The number of hydrogen-bond acceptors (Lipinski definition) is 3. The van der Waals surface area contributed by atoms with Crippen LogP contribution in [0.3, 0.4) is 0 Å². The van der Waals surface area contributed by atoms with Gasteiger partial charge in [0.25, 0.3) is 0 Å². The Labute approximate surface area is 117 Å². The van der Waals surface area contributed by atoms with Crippen molar-refractivity contribution in [2.24, 2.45) is 0 Å². The van der Waals surface area contributed by atoms with Crippen LogP contribution in [0.25, 0.3) is 11.0 Å². The molecule has 4 nitrogen and oxygen atoms in total. The molecule has 1 heterocycles. The number of aryl methyl sites for hydroxylation is 1. The summed E-state index contributed by atoms with van der Waals surface area (Å²) in [5.74, 6) is 1.40. The molecule has 20 heavy (non-hydrogen) atoms. The number of imidazole rings is 1. The highest BCUT2D eigenvalue weighted by atomic mass is 16.5. The van der Waals surface area contributed by atoms with Crippen LogP contribution in [-0.2, 0) is 6.54 Å². The fourth-order valence-corrected chi connectivity index (χ4v) is 2.31. The summed E-state index contributed by atoms with van der Waals surface area (Å²) in [6.07, 6.45) is 0. The maximum Gasteiger partial charge on any atom is 0.201 e. The first-order valence-electron chi connectivity index (χ1n) is 6.65. The second-order valence-electron chi connectivity index (χ2n) is 4.73. The van der Waals surface area contributed by atoms with E-state index < -0.39 is 0 Å². The van der Waals surface area contributed by atoms with E-state index in [0.717, 1.165) is 22.3 Å². The molecule has 0 aliphatic heterocycles. The molecule has 0 saturated heterocycles. The van der Waals surface area contributed by atoms with Crippen molar-refractivity contribution in [3.8, 4) is 5.75 Å². The smallest absolute Gasteiger partial charge is 0.201 e. The second-order valence-corrected chi connectivity index (χ2v) is 4.73. The summed E-state index contributed by atoms with van der Waals surface area (Å²) in [5.41, 5.74) is 9.15. The van der Waals surface area contributed by atoms with E-state index in [1.165, 1.54) is 0 Å². The Balaban J connectivity index is 1.78. The number of nitrogens with zero attached hydrogens (tertiary/aromatic N) is 2. The first-order valence-corrected chi connectivity index (χ1v) is 6.65. The first kappa shape index (κ1) is 12.5. The largest absolute Gasteiger partial charge is 0.492 e. The predicted octanol–water partition coefficient (Wildman–Crippen LogP) is 3.01. The SMILES string of the molecule is Cc1cccc2c1nc(N)n2CCOc1ccccc1. The summed E-state index contributed by atoms with van der Waals surface area (Å²) >= 11 is 0. The molecule has 1 aromatic heterocycles. The number of hydrogen-bond donors (Lipinski definition) is 1. The van der Waals surface area contributed by atoms with Crippen LogP contribution in [0.5, 0.6) is 5.75 Å². The van der Waals surface area contributed by atoms with Crippen molar-refractivity contribution >= 4 is 17.0 Å². The zero-order valence-electron chi connectivity index (χ0n) is 11.4. The van der Waals surface area contributed by atoms with E-state index >= 15 is 0 Å². The Morgan fingerprint density at radius 3 is 2.70 bits per heavy atom. The van der Waals surface area contributed by atoms with Crippen molar-refractivity contribution in [3.05, 3.63) is 54.1 Å². The molecule has 102 valence electrons. The Hall–Kier alpha value is -2.49. The van der Waals surface area contributed by atoms with Crippen LogP contribution >= 0.6 is 0 Å². The molecule has 0 aliphatic carbocycles. The van der Waals surface area contributed by atoms with Crippen LogP contribution in [0.15, 0.2) is 48.5 Å². The molecule has 0 fully saturated rings. The van der Waals surface area contributed by atoms with E-state index in [2.05, 4.69) is 4.98 Å². The number of nitrogen functional groups attached to an aromatic ring is 1. The lowest BCUT2D eigenvalue weighted by Gasteiger charge is -2.08. The fourth-order valence-electron chi connectivity index (χ4n) is 2.31. The van der Waals surface area contributed by atoms with E-state index in [1.54, 1.807) is 0 Å². The summed E-state index contributed by atoms with van der Waals surface area (Å²) < 4.78 is 7.70. The summed E-state index contributed by atoms with van der Waals surface area (Å²) in [5, 5.41) is 0. The lowest BCUT2D eigenvalue weighted by molar-refractivity contribution is 0.301. The summed E-state index contributed by atoms with van der Waals surface area (Å²) in [6, 6.07) is 15.9. The number of fused-ring (bicyclic) bond motifs is 1. The van der Waals surface area contributed by atoms with Crippen molar-refractivity contribution in [1.82, 2.24) is 9.55 Å². The molecule has 0 unspecified atom stereocenters. The van der Waals surface area contributed by atoms with Gasteiger partial charge in [0, 0.05) is 0 Å². The van der Waals surface area contributed by atoms with Gasteiger partial charge >= 0.3 is 0 Å². The molecule has 0 bridgehead atoms. The third-order valence-corrected chi connectivity index (χ3v) is 3.34. The van der Waals surface area contributed by atoms with Crippen LogP contribution in [0.1, 0.15) is 5.56 Å². The lowest BCUT2D eigenvalue weighted by Crippen LogP contribution is -2.10. The normalized spacial score (nSPS) is 10.8. The molecule has 0 amide bonds. The van der Waals surface area contributed by atoms with E-state index in [1.807, 2.05) is 60.0 Å². The summed E-state index contributed by atoms with van der Waals surface area (Å²) in [7, 11) is 0. The van der Waals surface area contributed by atoms with E-state index in [4.69, 9.17) is 10.5 Å². The zero-order valence-corrected chi connectivity index (χ0v) is 11.4. The zero-order chi connectivity index (χ0) is 13.9. The average molecular weight is 267 g/mol. The third-order valence-electron chi connectivity index (χ3n) is 3.34. The van der Waals surface area contributed by atoms with Gasteiger partial charge in [0.05, 0.1) is 17.6 Å². The first-order chi connectivity index (χ1) is 9.75. The predicted molar refractivity (Wildman–Crippen MR) is 80.8 cm³/mol. The van der Waals surface area contributed by atoms with Gasteiger partial charge in [-0.25, -0.2) is 4.98 Å². The maximum absolute atomic E-state index is 6.00. The van der Waals surface area contributed by atoms with Gasteiger partial charge in [-0.15, -0.1) is 0 Å². The van der Waals surface area contributed by atoms with Gasteiger partial charge in [-0.1, -0.05) is 30.3 Å². The van der Waals surface area contributed by atoms with Crippen LogP contribution in [0, 0.1) is 6.92 Å². The Bertz CT molecular complexity index is 719. The molecule has 0 radical (unpaired) electrons. The van der Waals surface area contributed by atoms with Gasteiger partial charge < -0.3 is 15.0 Å². The Morgan fingerprint density at radius 2 is 1.90 bits per heavy atom. The molecule has 3 rings (SSSR count).